The Morgan fingerprint density at radius 3 is 2.73 bits per heavy atom. The molecule has 0 aliphatic carbocycles. The Bertz CT molecular complexity index is 727. The quantitative estimate of drug-likeness (QED) is 0.616. The Hall–Kier alpha value is -2.08. The van der Waals surface area contributed by atoms with Crippen molar-refractivity contribution in [2.24, 2.45) is 4.99 Å². The predicted molar refractivity (Wildman–Crippen MR) is 109 cm³/mol. The summed E-state index contributed by atoms with van der Waals surface area (Å²) in [6, 6.07) is 8.82. The Morgan fingerprint density at radius 2 is 2.00 bits per heavy atom. The number of aromatic nitrogens is 2. The van der Waals surface area contributed by atoms with E-state index >= 15 is 0 Å². The van der Waals surface area contributed by atoms with Crippen molar-refractivity contribution in [1.29, 1.82) is 0 Å². The van der Waals surface area contributed by atoms with E-state index in [0.717, 1.165) is 30.4 Å². The van der Waals surface area contributed by atoms with E-state index in [-0.39, 0.29) is 0 Å². The first-order valence-electron chi connectivity index (χ1n) is 9.82. The summed E-state index contributed by atoms with van der Waals surface area (Å²) in [4.78, 5) is 11.6. The van der Waals surface area contributed by atoms with Crippen LogP contribution in [0, 0.1) is 6.92 Å². The van der Waals surface area contributed by atoms with E-state index in [1.165, 1.54) is 44.4 Å². The van der Waals surface area contributed by atoms with Gasteiger partial charge in [0, 0.05) is 39.3 Å². The number of imidazole rings is 1. The highest BCUT2D eigenvalue weighted by molar-refractivity contribution is 5.80. The number of rotatable bonds is 6. The maximum atomic E-state index is 4.63. The molecule has 6 nitrogen and oxygen atoms in total. The van der Waals surface area contributed by atoms with Gasteiger partial charge < -0.3 is 20.1 Å². The van der Waals surface area contributed by atoms with Gasteiger partial charge in [-0.25, -0.2) is 4.98 Å². The van der Waals surface area contributed by atoms with Crippen molar-refractivity contribution < 1.29 is 0 Å². The van der Waals surface area contributed by atoms with Gasteiger partial charge >= 0.3 is 0 Å². The van der Waals surface area contributed by atoms with Crippen molar-refractivity contribution in [3.05, 3.63) is 30.1 Å². The maximum absolute atomic E-state index is 4.63. The molecule has 1 aliphatic rings. The Morgan fingerprint density at radius 1 is 1.23 bits per heavy atom. The predicted octanol–water partition coefficient (Wildman–Crippen LogP) is 2.38. The van der Waals surface area contributed by atoms with Gasteiger partial charge in [-0.15, -0.1) is 0 Å². The second kappa shape index (κ2) is 9.03. The smallest absolute Gasteiger partial charge is 0.191 e. The molecule has 0 amide bonds. The molecule has 1 aromatic heterocycles. The van der Waals surface area contributed by atoms with Crippen LogP contribution in [-0.2, 0) is 6.54 Å². The molecule has 3 rings (SSSR count). The van der Waals surface area contributed by atoms with Gasteiger partial charge in [0.1, 0.15) is 5.82 Å². The highest BCUT2D eigenvalue weighted by atomic mass is 15.2. The van der Waals surface area contributed by atoms with Crippen LogP contribution in [0.25, 0.3) is 11.0 Å². The summed E-state index contributed by atoms with van der Waals surface area (Å²) in [5, 5.41) is 7.05. The fourth-order valence-corrected chi connectivity index (χ4v) is 3.77. The van der Waals surface area contributed by atoms with Crippen LogP contribution < -0.4 is 10.6 Å². The first-order valence-corrected chi connectivity index (χ1v) is 9.82. The van der Waals surface area contributed by atoms with Crippen LogP contribution in [0.15, 0.2) is 29.3 Å². The van der Waals surface area contributed by atoms with Crippen molar-refractivity contribution >= 4 is 17.0 Å². The zero-order valence-electron chi connectivity index (χ0n) is 16.3. The number of piperidine rings is 1. The highest BCUT2D eigenvalue weighted by Crippen LogP contribution is 2.15. The van der Waals surface area contributed by atoms with Gasteiger partial charge in [0.25, 0.3) is 0 Å². The molecule has 0 saturated carbocycles. The van der Waals surface area contributed by atoms with E-state index in [1.54, 1.807) is 0 Å². The molecule has 0 atom stereocenters. The molecule has 0 bridgehead atoms. The summed E-state index contributed by atoms with van der Waals surface area (Å²) in [5.41, 5.74) is 2.25. The number of para-hydroxylation sites is 2. The van der Waals surface area contributed by atoms with Gasteiger partial charge in [-0.2, -0.15) is 0 Å². The van der Waals surface area contributed by atoms with Crippen LogP contribution in [0.3, 0.4) is 0 Å². The lowest BCUT2D eigenvalue weighted by Gasteiger charge is -2.32. The summed E-state index contributed by atoms with van der Waals surface area (Å²) in [5.74, 6) is 1.96. The number of nitrogens with one attached hydrogen (secondary N) is 2. The van der Waals surface area contributed by atoms with E-state index in [4.69, 9.17) is 0 Å². The molecule has 0 unspecified atom stereocenters. The molecule has 6 heteroatoms. The average molecular weight is 357 g/mol. The number of fused-ring (bicyclic) bond motifs is 1. The normalized spacial score (nSPS) is 17.0. The molecule has 1 aromatic carbocycles. The van der Waals surface area contributed by atoms with Crippen molar-refractivity contribution in [1.82, 2.24) is 25.1 Å². The minimum absolute atomic E-state index is 0.519. The van der Waals surface area contributed by atoms with Gasteiger partial charge in [-0.3, -0.25) is 4.99 Å². The zero-order valence-corrected chi connectivity index (χ0v) is 16.3. The number of aliphatic imine (C=N–C) groups is 1. The third-order valence-electron chi connectivity index (χ3n) is 5.17. The third kappa shape index (κ3) is 4.55. The van der Waals surface area contributed by atoms with Gasteiger partial charge in [-0.1, -0.05) is 19.1 Å². The van der Waals surface area contributed by atoms with Crippen molar-refractivity contribution in [3.63, 3.8) is 0 Å². The van der Waals surface area contributed by atoms with Crippen LogP contribution >= 0.6 is 0 Å². The zero-order chi connectivity index (χ0) is 18.4. The molecule has 1 saturated heterocycles. The first-order chi connectivity index (χ1) is 12.7. The minimum atomic E-state index is 0.519. The summed E-state index contributed by atoms with van der Waals surface area (Å²) in [7, 11) is 1.85. The van der Waals surface area contributed by atoms with Crippen LogP contribution in [-0.4, -0.2) is 59.7 Å². The SMILES string of the molecule is CCCN1CCC(NC(=NC)NCCn2c(C)nc3ccccc32)CC1. The van der Waals surface area contributed by atoms with E-state index in [2.05, 4.69) is 62.1 Å². The van der Waals surface area contributed by atoms with Gasteiger partial charge in [0.2, 0.25) is 0 Å². The fourth-order valence-electron chi connectivity index (χ4n) is 3.77. The number of likely N-dealkylation sites (tertiary alicyclic amines) is 1. The highest BCUT2D eigenvalue weighted by Gasteiger charge is 2.19. The second-order valence-electron chi connectivity index (χ2n) is 7.06. The molecule has 142 valence electrons. The van der Waals surface area contributed by atoms with Crippen LogP contribution in [0.4, 0.5) is 0 Å². The minimum Gasteiger partial charge on any atom is -0.355 e. The Balaban J connectivity index is 1.48. The largest absolute Gasteiger partial charge is 0.355 e. The van der Waals surface area contributed by atoms with Gasteiger partial charge in [0.05, 0.1) is 11.0 Å². The number of nitrogens with zero attached hydrogens (tertiary/aromatic N) is 4. The van der Waals surface area contributed by atoms with Crippen molar-refractivity contribution in [2.75, 3.05) is 33.2 Å². The summed E-state index contributed by atoms with van der Waals surface area (Å²) in [6.45, 7) is 9.61. The molecular weight excluding hydrogens is 324 g/mol. The maximum Gasteiger partial charge on any atom is 0.191 e. The number of aryl methyl sites for hydroxylation is 1. The molecule has 2 heterocycles. The Labute approximate surface area is 156 Å². The molecule has 2 aromatic rings. The number of guanidine groups is 1. The summed E-state index contributed by atoms with van der Waals surface area (Å²) in [6.07, 6.45) is 3.61. The van der Waals surface area contributed by atoms with Crippen molar-refractivity contribution in [2.45, 2.75) is 45.7 Å². The molecule has 0 radical (unpaired) electrons. The Kier molecular flexibility index (Phi) is 6.50. The summed E-state index contributed by atoms with van der Waals surface area (Å²) < 4.78 is 2.26. The molecule has 26 heavy (non-hydrogen) atoms. The number of hydrogen-bond acceptors (Lipinski definition) is 3. The van der Waals surface area contributed by atoms with E-state index < -0.39 is 0 Å². The number of benzene rings is 1. The standard InChI is InChI=1S/C20H32N6/c1-4-12-25-13-9-17(10-14-25)24-20(21-3)22-11-15-26-16(2)23-18-7-5-6-8-19(18)26/h5-8,17H,4,9-15H2,1-3H3,(H2,21,22,24). The van der Waals surface area contributed by atoms with Crippen molar-refractivity contribution in [3.8, 4) is 0 Å². The lowest BCUT2D eigenvalue weighted by atomic mass is 10.1. The summed E-state index contributed by atoms with van der Waals surface area (Å²) >= 11 is 0. The van der Waals surface area contributed by atoms with Crippen LogP contribution in [0.1, 0.15) is 32.0 Å². The molecule has 0 spiro atoms. The molecule has 2 N–H and O–H groups in total. The lowest BCUT2D eigenvalue weighted by molar-refractivity contribution is 0.206. The molecular formula is C20H32N6. The van der Waals surface area contributed by atoms with E-state index in [9.17, 15) is 0 Å². The topological polar surface area (TPSA) is 57.5 Å². The number of hydrogen-bond donors (Lipinski definition) is 2. The lowest BCUT2D eigenvalue weighted by Crippen LogP contribution is -2.49. The third-order valence-corrected chi connectivity index (χ3v) is 5.17. The molecule has 1 aliphatic heterocycles. The second-order valence-corrected chi connectivity index (χ2v) is 7.06. The monoisotopic (exact) mass is 356 g/mol. The average Bonchev–Trinajstić information content (AvgIpc) is 2.98. The first kappa shape index (κ1) is 18.7. The van der Waals surface area contributed by atoms with Crippen LogP contribution in [0.2, 0.25) is 0 Å². The van der Waals surface area contributed by atoms with Crippen LogP contribution in [0.5, 0.6) is 0 Å². The van der Waals surface area contributed by atoms with E-state index in [1.807, 2.05) is 13.1 Å². The van der Waals surface area contributed by atoms with Gasteiger partial charge in [-0.05, 0) is 44.9 Å². The van der Waals surface area contributed by atoms with Gasteiger partial charge in [0.15, 0.2) is 5.96 Å². The molecule has 1 fully saturated rings. The fraction of sp³-hybridized carbons (Fsp3) is 0.600. The van der Waals surface area contributed by atoms with E-state index in [0.29, 0.717) is 6.04 Å².